The molecule has 3 aliphatic carbocycles. The zero-order chi connectivity index (χ0) is 41.6. The fraction of sp³-hybridized carbons (Fsp3) is 0.0794. The van der Waals surface area contributed by atoms with Gasteiger partial charge in [0.15, 0.2) is 0 Å². The van der Waals surface area contributed by atoms with E-state index in [1.807, 2.05) is 0 Å². The molecule has 14 rings (SSSR count). The summed E-state index contributed by atoms with van der Waals surface area (Å²) in [5.74, 6) is 0.241. The first-order chi connectivity index (χ1) is 31.0. The normalized spacial score (nSPS) is 15.7. The predicted molar refractivity (Wildman–Crippen MR) is 269 cm³/mol. The van der Waals surface area contributed by atoms with Gasteiger partial charge in [0.2, 0.25) is 0 Å². The molecule has 0 heterocycles. The summed E-state index contributed by atoms with van der Waals surface area (Å²) in [5, 5.41) is 13.3. The van der Waals surface area contributed by atoms with Crippen LogP contribution >= 0.6 is 0 Å². The van der Waals surface area contributed by atoms with Gasteiger partial charge in [-0.3, -0.25) is 0 Å². The molecule has 294 valence electrons. The second kappa shape index (κ2) is 12.8. The average Bonchev–Trinajstić information content (AvgIpc) is 3.56. The highest BCUT2D eigenvalue weighted by Crippen LogP contribution is 2.53. The van der Waals surface area contributed by atoms with Crippen molar-refractivity contribution in [2.45, 2.75) is 31.6 Å². The zero-order valence-electron chi connectivity index (χ0n) is 35.3. The van der Waals surface area contributed by atoms with Crippen LogP contribution < -0.4 is 0 Å². The van der Waals surface area contributed by atoms with Crippen LogP contribution in [0.25, 0.3) is 110 Å². The Morgan fingerprint density at radius 3 is 1.84 bits per heavy atom. The molecule has 3 aliphatic rings. The molecular formula is C63H42. The van der Waals surface area contributed by atoms with Crippen LogP contribution in [0.3, 0.4) is 0 Å². The Bertz CT molecular complexity index is 3820. The lowest BCUT2D eigenvalue weighted by Gasteiger charge is -2.30. The maximum atomic E-state index is 2.50. The van der Waals surface area contributed by atoms with E-state index in [0.717, 1.165) is 6.42 Å². The average molecular weight is 799 g/mol. The fourth-order valence-corrected chi connectivity index (χ4v) is 11.9. The van der Waals surface area contributed by atoms with Crippen LogP contribution in [0, 0.1) is 0 Å². The zero-order valence-corrected chi connectivity index (χ0v) is 35.3. The largest absolute Gasteiger partial charge is 0.0753 e. The molecule has 0 heteroatoms. The maximum Gasteiger partial charge on any atom is 0.0276 e. The third-order valence-electron chi connectivity index (χ3n) is 15.1. The molecule has 1 unspecified atom stereocenters. The van der Waals surface area contributed by atoms with Gasteiger partial charge in [-0.1, -0.05) is 202 Å². The molecule has 1 atom stereocenters. The second-order valence-electron chi connectivity index (χ2n) is 18.7. The predicted octanol–water partition coefficient (Wildman–Crippen LogP) is 16.9. The van der Waals surface area contributed by atoms with E-state index in [-0.39, 0.29) is 11.3 Å². The van der Waals surface area contributed by atoms with E-state index >= 15 is 0 Å². The third-order valence-corrected chi connectivity index (χ3v) is 15.1. The first-order valence-corrected chi connectivity index (χ1v) is 22.5. The van der Waals surface area contributed by atoms with Gasteiger partial charge in [0.25, 0.3) is 0 Å². The number of hydrogen-bond acceptors (Lipinski definition) is 0. The summed E-state index contributed by atoms with van der Waals surface area (Å²) >= 11 is 0. The Morgan fingerprint density at radius 1 is 0.429 bits per heavy atom. The standard InChI is InChI=1S/C63H42/c1-63(2)57-35-46(38-10-13-39(14-11-38)49-26-18-42-16-15-40-8-5-9-41-21-31-54(49)60(42)59(40)41)24-29-52(57)53-30-25-48(36-58(53)63)51-28-20-44-22-32-55-50(27-19-43-23-33-56(51)62(44)61(43)55)47-17-12-37-6-3-4-7-45(37)34-47/h3-21,23-36,50H,22H2,1-2H3. The Morgan fingerprint density at radius 2 is 1.02 bits per heavy atom. The van der Waals surface area contributed by atoms with Gasteiger partial charge in [-0.2, -0.15) is 0 Å². The summed E-state index contributed by atoms with van der Waals surface area (Å²) < 4.78 is 0. The summed E-state index contributed by atoms with van der Waals surface area (Å²) in [7, 11) is 0. The number of fused-ring (bicyclic) bond motifs is 4. The van der Waals surface area contributed by atoms with Crippen LogP contribution in [0.5, 0.6) is 0 Å². The summed E-state index contributed by atoms with van der Waals surface area (Å²) in [6, 6.07) is 69.2. The molecule has 0 N–H and O–H groups in total. The van der Waals surface area contributed by atoms with Crippen molar-refractivity contribution in [3.8, 4) is 44.5 Å². The van der Waals surface area contributed by atoms with Gasteiger partial charge in [0.1, 0.15) is 0 Å². The summed E-state index contributed by atoms with van der Waals surface area (Å²) in [6.07, 6.45) is 8.22. The van der Waals surface area contributed by atoms with Crippen molar-refractivity contribution in [2.75, 3.05) is 0 Å². The van der Waals surface area contributed by atoms with Crippen LogP contribution in [-0.4, -0.2) is 0 Å². The third kappa shape index (κ3) is 4.98. The molecule has 0 amide bonds. The van der Waals surface area contributed by atoms with Gasteiger partial charge in [0, 0.05) is 11.3 Å². The van der Waals surface area contributed by atoms with Gasteiger partial charge in [-0.25, -0.2) is 0 Å². The quantitative estimate of drug-likeness (QED) is 0.156. The molecule has 0 fully saturated rings. The fourth-order valence-electron chi connectivity index (χ4n) is 11.9. The molecule has 0 aromatic heterocycles. The molecule has 0 nitrogen and oxygen atoms in total. The summed E-state index contributed by atoms with van der Waals surface area (Å²) in [5.41, 5.74) is 20.0. The summed E-state index contributed by atoms with van der Waals surface area (Å²) in [6.45, 7) is 4.82. The minimum atomic E-state index is -0.146. The van der Waals surface area contributed by atoms with Gasteiger partial charge >= 0.3 is 0 Å². The minimum Gasteiger partial charge on any atom is -0.0753 e. The van der Waals surface area contributed by atoms with Crippen molar-refractivity contribution in [3.05, 3.63) is 228 Å². The van der Waals surface area contributed by atoms with Crippen LogP contribution in [-0.2, 0) is 11.8 Å². The Hall–Kier alpha value is -7.54. The first kappa shape index (κ1) is 35.1. The number of benzene rings is 11. The Balaban J connectivity index is 0.806. The van der Waals surface area contributed by atoms with E-state index in [9.17, 15) is 0 Å². The van der Waals surface area contributed by atoms with Crippen molar-refractivity contribution in [3.63, 3.8) is 0 Å². The lowest BCUT2D eigenvalue weighted by Crippen LogP contribution is -2.15. The van der Waals surface area contributed by atoms with Crippen molar-refractivity contribution in [1.29, 1.82) is 0 Å². The van der Waals surface area contributed by atoms with E-state index < -0.39 is 0 Å². The number of hydrogen-bond donors (Lipinski definition) is 0. The van der Waals surface area contributed by atoms with Crippen LogP contribution in [0.2, 0.25) is 0 Å². The molecule has 0 saturated heterocycles. The number of allylic oxidation sites excluding steroid dienone is 3. The molecule has 0 radical (unpaired) electrons. The van der Waals surface area contributed by atoms with E-state index in [0.29, 0.717) is 0 Å². The highest BCUT2D eigenvalue weighted by Gasteiger charge is 2.36. The van der Waals surface area contributed by atoms with E-state index in [1.54, 1.807) is 0 Å². The first-order valence-electron chi connectivity index (χ1n) is 22.5. The van der Waals surface area contributed by atoms with Crippen molar-refractivity contribution < 1.29 is 0 Å². The second-order valence-corrected chi connectivity index (χ2v) is 18.7. The van der Waals surface area contributed by atoms with E-state index in [4.69, 9.17) is 0 Å². The lowest BCUT2D eigenvalue weighted by molar-refractivity contribution is 0.661. The van der Waals surface area contributed by atoms with Crippen molar-refractivity contribution in [2.24, 2.45) is 0 Å². The van der Waals surface area contributed by atoms with Crippen molar-refractivity contribution >= 4 is 65.5 Å². The molecule has 0 saturated carbocycles. The Kier molecular flexibility index (Phi) is 7.11. The molecule has 63 heavy (non-hydrogen) atoms. The molecule has 0 spiro atoms. The smallest absolute Gasteiger partial charge is 0.0276 e. The molecule has 0 bridgehead atoms. The van der Waals surface area contributed by atoms with Gasteiger partial charge in [-0.05, 0) is 156 Å². The highest BCUT2D eigenvalue weighted by atomic mass is 14.4. The SMILES string of the molecule is CC1(C)c2cc(-c3ccc(-c4ccc5ccc6cccc7ccc4c5c67)cc3)ccc2-c2ccc(-c3ccc4c5c6c(ccc35)C=CC(c3ccc5ccccc5c3)C6=CC4)cc21. The van der Waals surface area contributed by atoms with E-state index in [1.165, 1.54) is 137 Å². The molecular weight excluding hydrogens is 757 g/mol. The van der Waals surface area contributed by atoms with Gasteiger partial charge in [-0.15, -0.1) is 0 Å². The molecule has 11 aromatic carbocycles. The lowest BCUT2D eigenvalue weighted by atomic mass is 9.73. The Labute approximate surface area is 367 Å². The molecule has 0 aliphatic heterocycles. The topological polar surface area (TPSA) is 0 Å². The van der Waals surface area contributed by atoms with E-state index in [2.05, 4.69) is 214 Å². The monoisotopic (exact) mass is 798 g/mol. The minimum absolute atomic E-state index is 0.146. The molecule has 11 aromatic rings. The maximum absolute atomic E-state index is 2.50. The van der Waals surface area contributed by atoms with Crippen LogP contribution in [0.1, 0.15) is 53.1 Å². The van der Waals surface area contributed by atoms with Gasteiger partial charge < -0.3 is 0 Å². The number of rotatable bonds is 4. The summed E-state index contributed by atoms with van der Waals surface area (Å²) in [4.78, 5) is 0. The van der Waals surface area contributed by atoms with Crippen LogP contribution in [0.15, 0.2) is 194 Å². The van der Waals surface area contributed by atoms with Crippen LogP contribution in [0.4, 0.5) is 0 Å². The van der Waals surface area contributed by atoms with Gasteiger partial charge in [0.05, 0.1) is 0 Å². The highest BCUT2D eigenvalue weighted by molar-refractivity contribution is 6.25. The van der Waals surface area contributed by atoms with Crippen molar-refractivity contribution in [1.82, 2.24) is 0 Å².